The molecule has 2 rings (SSSR count). The molecule has 0 spiro atoms. The van der Waals surface area contributed by atoms with Crippen molar-refractivity contribution in [1.29, 1.82) is 0 Å². The van der Waals surface area contributed by atoms with Gasteiger partial charge in [-0.2, -0.15) is 0 Å². The summed E-state index contributed by atoms with van der Waals surface area (Å²) >= 11 is 12.9. The van der Waals surface area contributed by atoms with E-state index in [-0.39, 0.29) is 15.6 Å². The highest BCUT2D eigenvalue weighted by Crippen LogP contribution is 2.32. The van der Waals surface area contributed by atoms with Gasteiger partial charge in [0.15, 0.2) is 0 Å². The van der Waals surface area contributed by atoms with E-state index in [9.17, 15) is 4.79 Å². The van der Waals surface area contributed by atoms with Crippen LogP contribution in [0.2, 0.25) is 10.0 Å². The fourth-order valence-electron chi connectivity index (χ4n) is 2.71. The molecule has 0 radical (unpaired) electrons. The summed E-state index contributed by atoms with van der Waals surface area (Å²) in [5.41, 5.74) is 0.131. The number of halogens is 2. The Bertz CT molecular complexity index is 512. The second-order valence-corrected chi connectivity index (χ2v) is 7.01. The summed E-state index contributed by atoms with van der Waals surface area (Å²) in [5, 5.41) is 11.9. The maximum Gasteiger partial charge on any atom is 0.341 e. The highest BCUT2D eigenvalue weighted by Gasteiger charge is 2.19. The normalized spacial score (nSPS) is 15.6. The van der Waals surface area contributed by atoms with Crippen LogP contribution < -0.4 is 0 Å². The number of hydrogen-bond donors (Lipinski definition) is 1. The van der Waals surface area contributed by atoms with Crippen LogP contribution in [-0.4, -0.2) is 17.8 Å². The van der Waals surface area contributed by atoms with Crippen molar-refractivity contribution in [1.82, 2.24) is 0 Å². The lowest BCUT2D eigenvalue weighted by molar-refractivity contribution is -0.432. The van der Waals surface area contributed by atoms with Gasteiger partial charge in [-0.1, -0.05) is 60.3 Å². The number of ether oxygens (including phenoxy) is 1. The molecule has 0 heterocycles. The van der Waals surface area contributed by atoms with Gasteiger partial charge in [-0.05, 0) is 24.5 Å². The van der Waals surface area contributed by atoms with E-state index in [4.69, 9.17) is 33.2 Å². The number of hydrogen-bond acceptors (Lipinski definition) is 6. The summed E-state index contributed by atoms with van der Waals surface area (Å²) in [7, 11) is 0. The van der Waals surface area contributed by atoms with E-state index in [1.165, 1.54) is 44.2 Å². The predicted molar refractivity (Wildman–Crippen MR) is 88.6 cm³/mol. The van der Waals surface area contributed by atoms with E-state index in [1.807, 2.05) is 0 Å². The van der Waals surface area contributed by atoms with Gasteiger partial charge < -0.3 is 4.74 Å². The molecule has 1 aromatic carbocycles. The van der Waals surface area contributed by atoms with Crippen molar-refractivity contribution in [3.05, 3.63) is 27.7 Å². The highest BCUT2D eigenvalue weighted by atomic mass is 35.5. The summed E-state index contributed by atoms with van der Waals surface area (Å²) < 4.78 is 9.60. The minimum atomic E-state index is -0.535. The number of esters is 1. The van der Waals surface area contributed by atoms with Crippen LogP contribution in [0.15, 0.2) is 17.0 Å². The molecule has 0 atom stereocenters. The van der Waals surface area contributed by atoms with Gasteiger partial charge in [0.1, 0.15) is 0 Å². The minimum Gasteiger partial charge on any atom is -0.462 e. The molecular formula is C15H18Cl2O5S. The van der Waals surface area contributed by atoms with Crippen molar-refractivity contribution in [2.45, 2.75) is 43.4 Å². The first kappa shape index (κ1) is 18.8. The van der Waals surface area contributed by atoms with Gasteiger partial charge in [0.25, 0.3) is 0 Å². The second-order valence-electron chi connectivity index (χ2n) is 5.42. The zero-order chi connectivity index (χ0) is 16.7. The molecule has 23 heavy (non-hydrogen) atoms. The van der Waals surface area contributed by atoms with Gasteiger partial charge in [0, 0.05) is 4.90 Å². The quantitative estimate of drug-likeness (QED) is 0.289. The van der Waals surface area contributed by atoms with Gasteiger partial charge in [0.2, 0.25) is 0 Å². The third-order valence-electron chi connectivity index (χ3n) is 3.86. The third-order valence-corrected chi connectivity index (χ3v) is 5.02. The molecule has 1 aromatic rings. The number of rotatable bonds is 7. The topological polar surface area (TPSA) is 65.0 Å². The van der Waals surface area contributed by atoms with Crippen LogP contribution in [0.25, 0.3) is 0 Å². The summed E-state index contributed by atoms with van der Waals surface area (Å²) in [4.78, 5) is 12.6. The molecule has 128 valence electrons. The Labute approximate surface area is 149 Å². The van der Waals surface area contributed by atoms with Crippen molar-refractivity contribution < 1.29 is 24.2 Å². The van der Waals surface area contributed by atoms with E-state index in [1.54, 1.807) is 0 Å². The molecule has 1 aliphatic rings. The van der Waals surface area contributed by atoms with Gasteiger partial charge in [0.05, 0.1) is 34.3 Å². The molecule has 0 aromatic heterocycles. The van der Waals surface area contributed by atoms with E-state index in [0.717, 1.165) is 6.42 Å². The average Bonchev–Trinajstić information content (AvgIpc) is 2.53. The molecule has 1 saturated carbocycles. The standard InChI is InChI=1S/C15H18Cl2O5S/c16-12-8-11(23-22-21-19)9-13(17)14(12)15(18)20-7-6-10-4-2-1-3-5-10/h8-10,19H,1-7H2. The van der Waals surface area contributed by atoms with Crippen LogP contribution >= 0.6 is 35.2 Å². The zero-order valence-electron chi connectivity index (χ0n) is 12.4. The maximum atomic E-state index is 12.2. The van der Waals surface area contributed by atoms with Crippen LogP contribution in [0.5, 0.6) is 0 Å². The Balaban J connectivity index is 1.90. The summed E-state index contributed by atoms with van der Waals surface area (Å²) in [6.45, 7) is 0.369. The molecule has 1 N–H and O–H groups in total. The lowest BCUT2D eigenvalue weighted by atomic mass is 9.87. The molecule has 0 bridgehead atoms. The molecule has 0 amide bonds. The van der Waals surface area contributed by atoms with Crippen LogP contribution in [-0.2, 0) is 14.1 Å². The molecular weight excluding hydrogens is 363 g/mol. The Hall–Kier alpha value is -0.500. The average molecular weight is 381 g/mol. The fraction of sp³-hybridized carbons (Fsp3) is 0.533. The summed E-state index contributed by atoms with van der Waals surface area (Å²) in [5.74, 6) is 0.101. The molecule has 1 fully saturated rings. The molecule has 1 aliphatic carbocycles. The third kappa shape index (κ3) is 5.81. The summed E-state index contributed by atoms with van der Waals surface area (Å²) in [6, 6.07) is 2.96. The fourth-order valence-corrected chi connectivity index (χ4v) is 3.93. The molecule has 0 saturated heterocycles. The van der Waals surface area contributed by atoms with Crippen molar-refractivity contribution in [3.8, 4) is 0 Å². The Morgan fingerprint density at radius 1 is 1.22 bits per heavy atom. The van der Waals surface area contributed by atoms with Crippen molar-refractivity contribution in [3.63, 3.8) is 0 Å². The molecule has 8 heteroatoms. The largest absolute Gasteiger partial charge is 0.462 e. The lowest BCUT2D eigenvalue weighted by Crippen LogP contribution is -2.13. The second kappa shape index (κ2) is 9.71. The molecule has 0 unspecified atom stereocenters. The molecule has 5 nitrogen and oxygen atoms in total. The Morgan fingerprint density at radius 3 is 2.48 bits per heavy atom. The SMILES string of the molecule is O=C(OCCC1CCCCC1)c1c(Cl)cc(SOOO)cc1Cl. The van der Waals surface area contributed by atoms with Crippen LogP contribution in [0, 0.1) is 5.92 Å². The van der Waals surface area contributed by atoms with E-state index >= 15 is 0 Å². The first-order chi connectivity index (χ1) is 11.1. The lowest BCUT2D eigenvalue weighted by Gasteiger charge is -2.21. The number of benzene rings is 1. The van der Waals surface area contributed by atoms with Crippen molar-refractivity contribution >= 4 is 41.2 Å². The van der Waals surface area contributed by atoms with Gasteiger partial charge in [-0.25, -0.2) is 10.1 Å². The Kier molecular flexibility index (Phi) is 7.95. The maximum absolute atomic E-state index is 12.2. The van der Waals surface area contributed by atoms with Crippen molar-refractivity contribution in [2.75, 3.05) is 6.61 Å². The van der Waals surface area contributed by atoms with E-state index < -0.39 is 5.97 Å². The van der Waals surface area contributed by atoms with Gasteiger partial charge >= 0.3 is 5.97 Å². The minimum absolute atomic E-state index is 0.131. The van der Waals surface area contributed by atoms with Crippen LogP contribution in [0.1, 0.15) is 48.9 Å². The predicted octanol–water partition coefficient (Wildman–Crippen LogP) is 5.55. The smallest absolute Gasteiger partial charge is 0.341 e. The van der Waals surface area contributed by atoms with E-state index in [0.29, 0.717) is 29.5 Å². The van der Waals surface area contributed by atoms with Crippen LogP contribution in [0.3, 0.4) is 0 Å². The van der Waals surface area contributed by atoms with Gasteiger partial charge in [-0.3, -0.25) is 0 Å². The van der Waals surface area contributed by atoms with Crippen molar-refractivity contribution in [2.24, 2.45) is 5.92 Å². The Morgan fingerprint density at radius 2 is 1.87 bits per heavy atom. The summed E-state index contributed by atoms with van der Waals surface area (Å²) in [6.07, 6.45) is 7.10. The number of carbonyl (C=O) groups is 1. The van der Waals surface area contributed by atoms with Gasteiger partial charge in [-0.15, -0.1) is 4.33 Å². The first-order valence-electron chi connectivity index (χ1n) is 7.42. The first-order valence-corrected chi connectivity index (χ1v) is 8.92. The van der Waals surface area contributed by atoms with E-state index in [2.05, 4.69) is 9.37 Å². The highest BCUT2D eigenvalue weighted by molar-refractivity contribution is 7.94. The monoisotopic (exact) mass is 380 g/mol. The molecule has 0 aliphatic heterocycles. The zero-order valence-corrected chi connectivity index (χ0v) is 14.8. The number of carbonyl (C=O) groups excluding carboxylic acids is 1. The van der Waals surface area contributed by atoms with Crippen LogP contribution in [0.4, 0.5) is 0 Å².